The molecule has 2 rings (SSSR count). The third kappa shape index (κ3) is 3.38. The van der Waals surface area contributed by atoms with E-state index in [1.165, 1.54) is 15.6 Å². The van der Waals surface area contributed by atoms with E-state index in [4.69, 9.17) is 4.74 Å². The molecular formula is C18H26BrNO2. The molecule has 0 bridgehead atoms. The zero-order chi connectivity index (χ0) is 16.2. The lowest BCUT2D eigenvalue weighted by Gasteiger charge is -2.30. The summed E-state index contributed by atoms with van der Waals surface area (Å²) in [5.41, 5.74) is 2.87. The van der Waals surface area contributed by atoms with Crippen LogP contribution in [-0.2, 0) is 14.9 Å². The molecule has 0 saturated carbocycles. The van der Waals surface area contributed by atoms with Gasteiger partial charge in [0.25, 0.3) is 0 Å². The predicted octanol–water partition coefficient (Wildman–Crippen LogP) is 4.15. The molecule has 0 aliphatic heterocycles. The summed E-state index contributed by atoms with van der Waals surface area (Å²) in [5, 5.41) is 3.27. The summed E-state index contributed by atoms with van der Waals surface area (Å²) in [5.74, 6) is 0.183. The van der Waals surface area contributed by atoms with Gasteiger partial charge in [0.1, 0.15) is 0 Å². The first-order valence-electron chi connectivity index (χ1n) is 8.17. The van der Waals surface area contributed by atoms with E-state index >= 15 is 0 Å². The van der Waals surface area contributed by atoms with Gasteiger partial charge in [-0.15, -0.1) is 0 Å². The second-order valence-corrected chi connectivity index (χ2v) is 6.96. The van der Waals surface area contributed by atoms with Crippen LogP contribution in [-0.4, -0.2) is 26.2 Å². The number of esters is 1. The van der Waals surface area contributed by atoms with Crippen LogP contribution in [0.25, 0.3) is 0 Å². The molecule has 0 fully saturated rings. The molecule has 1 N–H and O–H groups in total. The summed E-state index contributed by atoms with van der Waals surface area (Å²) in [6.07, 6.45) is 3.69. The zero-order valence-electron chi connectivity index (χ0n) is 13.7. The van der Waals surface area contributed by atoms with Crippen LogP contribution in [0.1, 0.15) is 56.6 Å². The highest BCUT2D eigenvalue weighted by molar-refractivity contribution is 9.10. The Balaban J connectivity index is 2.35. The van der Waals surface area contributed by atoms with Crippen LogP contribution in [0, 0.1) is 0 Å². The van der Waals surface area contributed by atoms with E-state index in [0.29, 0.717) is 13.0 Å². The molecule has 1 aliphatic carbocycles. The van der Waals surface area contributed by atoms with Crippen molar-refractivity contribution in [3.63, 3.8) is 0 Å². The van der Waals surface area contributed by atoms with Gasteiger partial charge in [-0.25, -0.2) is 0 Å². The second-order valence-electron chi connectivity index (χ2n) is 6.10. The quantitative estimate of drug-likeness (QED) is 0.735. The number of hydrogen-bond acceptors (Lipinski definition) is 3. The first-order valence-corrected chi connectivity index (χ1v) is 8.96. The van der Waals surface area contributed by atoms with Gasteiger partial charge in [-0.1, -0.05) is 35.0 Å². The highest BCUT2D eigenvalue weighted by atomic mass is 79.9. The Hall–Kier alpha value is -0.870. The lowest BCUT2D eigenvalue weighted by molar-refractivity contribution is -0.143. The fraction of sp³-hybridized carbons (Fsp3) is 0.611. The van der Waals surface area contributed by atoms with Crippen molar-refractivity contribution in [2.45, 2.75) is 50.9 Å². The standard InChI is InChI=1S/C18H26BrNO2/c1-4-18(9-10-20-3)12-13(11-16(21)22-5-2)14-7-6-8-15(19)17(14)18/h6-8,13,20H,4-5,9-12H2,1-3H3. The zero-order valence-corrected chi connectivity index (χ0v) is 15.3. The summed E-state index contributed by atoms with van der Waals surface area (Å²) in [6, 6.07) is 6.38. The maximum absolute atomic E-state index is 12.0. The molecule has 2 atom stereocenters. The van der Waals surface area contributed by atoms with Gasteiger partial charge in [0.15, 0.2) is 0 Å². The molecule has 4 heteroatoms. The van der Waals surface area contributed by atoms with Gasteiger partial charge in [-0.05, 0) is 68.3 Å². The van der Waals surface area contributed by atoms with Gasteiger partial charge >= 0.3 is 5.97 Å². The molecule has 3 nitrogen and oxygen atoms in total. The van der Waals surface area contributed by atoms with Crippen LogP contribution in [0.5, 0.6) is 0 Å². The number of nitrogens with one attached hydrogen (secondary N) is 1. The van der Waals surface area contributed by atoms with Crippen molar-refractivity contribution < 1.29 is 9.53 Å². The molecule has 1 aromatic rings. The monoisotopic (exact) mass is 367 g/mol. The number of fused-ring (bicyclic) bond motifs is 1. The fourth-order valence-electron chi connectivity index (χ4n) is 3.82. The highest BCUT2D eigenvalue weighted by Crippen LogP contribution is 2.53. The summed E-state index contributed by atoms with van der Waals surface area (Å²) in [6.45, 7) is 5.56. The average Bonchev–Trinajstić information content (AvgIpc) is 2.81. The van der Waals surface area contributed by atoms with Crippen LogP contribution < -0.4 is 5.32 Å². The molecule has 22 heavy (non-hydrogen) atoms. The minimum absolute atomic E-state index is 0.0843. The van der Waals surface area contributed by atoms with Crippen molar-refractivity contribution >= 4 is 21.9 Å². The molecule has 0 radical (unpaired) electrons. The number of halogens is 1. The van der Waals surface area contributed by atoms with Crippen molar-refractivity contribution in [3.05, 3.63) is 33.8 Å². The first kappa shape index (κ1) is 17.5. The smallest absolute Gasteiger partial charge is 0.306 e. The topological polar surface area (TPSA) is 38.3 Å². The largest absolute Gasteiger partial charge is 0.466 e. The average molecular weight is 368 g/mol. The third-order valence-electron chi connectivity index (χ3n) is 4.90. The summed E-state index contributed by atoms with van der Waals surface area (Å²) < 4.78 is 6.34. The Bertz CT molecular complexity index is 532. The molecule has 0 amide bonds. The van der Waals surface area contributed by atoms with Crippen LogP contribution in [0.15, 0.2) is 22.7 Å². The van der Waals surface area contributed by atoms with Crippen molar-refractivity contribution in [1.29, 1.82) is 0 Å². The van der Waals surface area contributed by atoms with E-state index in [0.717, 1.165) is 25.8 Å². The number of carbonyl (C=O) groups excluding carboxylic acids is 1. The van der Waals surface area contributed by atoms with Crippen LogP contribution in [0.4, 0.5) is 0 Å². The van der Waals surface area contributed by atoms with Gasteiger partial charge in [0.05, 0.1) is 13.0 Å². The molecule has 1 aromatic carbocycles. The van der Waals surface area contributed by atoms with E-state index in [2.05, 4.69) is 46.4 Å². The Morgan fingerprint density at radius 3 is 2.86 bits per heavy atom. The number of carbonyl (C=O) groups is 1. The molecule has 0 heterocycles. The van der Waals surface area contributed by atoms with Crippen molar-refractivity contribution in [1.82, 2.24) is 5.32 Å². The number of benzene rings is 1. The minimum Gasteiger partial charge on any atom is -0.466 e. The van der Waals surface area contributed by atoms with Gasteiger partial charge in [0, 0.05) is 4.47 Å². The lowest BCUT2D eigenvalue weighted by atomic mass is 9.76. The van der Waals surface area contributed by atoms with E-state index in [1.54, 1.807) is 0 Å². The Labute approximate surface area is 141 Å². The van der Waals surface area contributed by atoms with Gasteiger partial charge in [0.2, 0.25) is 0 Å². The number of rotatable bonds is 7. The molecule has 0 aromatic heterocycles. The summed E-state index contributed by atoms with van der Waals surface area (Å²) >= 11 is 3.74. The maximum atomic E-state index is 12.0. The molecule has 122 valence electrons. The summed E-state index contributed by atoms with van der Waals surface area (Å²) in [7, 11) is 2.00. The minimum atomic E-state index is -0.0843. The molecule has 0 saturated heterocycles. The van der Waals surface area contributed by atoms with E-state index in [-0.39, 0.29) is 17.3 Å². The maximum Gasteiger partial charge on any atom is 0.306 e. The normalized spacial score (nSPS) is 23.4. The highest BCUT2D eigenvalue weighted by Gasteiger charge is 2.43. The van der Waals surface area contributed by atoms with Gasteiger partial charge < -0.3 is 10.1 Å². The van der Waals surface area contributed by atoms with Crippen LogP contribution in [0.3, 0.4) is 0 Å². The number of ether oxygens (including phenoxy) is 1. The van der Waals surface area contributed by atoms with E-state index in [1.807, 2.05) is 14.0 Å². The lowest BCUT2D eigenvalue weighted by Crippen LogP contribution is -2.28. The van der Waals surface area contributed by atoms with Gasteiger partial charge in [-0.3, -0.25) is 4.79 Å². The number of hydrogen-bond donors (Lipinski definition) is 1. The van der Waals surface area contributed by atoms with E-state index in [9.17, 15) is 4.79 Å². The predicted molar refractivity (Wildman–Crippen MR) is 93.3 cm³/mol. The third-order valence-corrected chi connectivity index (χ3v) is 5.56. The Morgan fingerprint density at radius 2 is 2.23 bits per heavy atom. The van der Waals surface area contributed by atoms with Crippen molar-refractivity contribution in [2.24, 2.45) is 0 Å². The molecular weight excluding hydrogens is 342 g/mol. The Kier molecular flexibility index (Phi) is 6.04. The second kappa shape index (κ2) is 7.60. The summed E-state index contributed by atoms with van der Waals surface area (Å²) in [4.78, 5) is 12.0. The van der Waals surface area contributed by atoms with Crippen molar-refractivity contribution in [2.75, 3.05) is 20.2 Å². The van der Waals surface area contributed by atoms with Crippen LogP contribution in [0.2, 0.25) is 0 Å². The molecule has 2 unspecified atom stereocenters. The fourth-order valence-corrected chi connectivity index (χ4v) is 4.62. The SMILES string of the molecule is CCOC(=O)CC1CC(CC)(CCNC)c2c(Br)cccc21. The van der Waals surface area contributed by atoms with Crippen LogP contribution >= 0.6 is 15.9 Å². The molecule has 1 aliphatic rings. The van der Waals surface area contributed by atoms with Gasteiger partial charge in [-0.2, -0.15) is 0 Å². The van der Waals surface area contributed by atoms with E-state index < -0.39 is 0 Å². The Morgan fingerprint density at radius 1 is 1.45 bits per heavy atom. The van der Waals surface area contributed by atoms with Crippen molar-refractivity contribution in [3.8, 4) is 0 Å². The molecule has 0 spiro atoms. The first-order chi connectivity index (χ1) is 10.6.